The molecule has 100 valence electrons. The number of nitrogens with zero attached hydrogens (tertiary/aromatic N) is 2. The quantitative estimate of drug-likeness (QED) is 0.699. The van der Waals surface area contributed by atoms with E-state index in [0.29, 0.717) is 11.3 Å². The Balaban J connectivity index is 1.89. The Morgan fingerprint density at radius 2 is 2.10 bits per heavy atom. The molecule has 5 heteroatoms. The Bertz CT molecular complexity index is 791. The summed E-state index contributed by atoms with van der Waals surface area (Å²) in [5.74, 6) is -0.182. The lowest BCUT2D eigenvalue weighted by molar-refractivity contribution is 0.102. The maximum atomic E-state index is 12.1. The number of nitrogens with two attached hydrogens (primary N) is 1. The second kappa shape index (κ2) is 4.70. The molecule has 0 saturated heterocycles. The van der Waals surface area contributed by atoms with E-state index in [0.717, 1.165) is 16.6 Å². The van der Waals surface area contributed by atoms with Crippen LogP contribution in [0.2, 0.25) is 0 Å². The number of aromatic nitrogens is 2. The summed E-state index contributed by atoms with van der Waals surface area (Å²) in [4.78, 5) is 12.1. The fourth-order valence-electron chi connectivity index (χ4n) is 2.11. The van der Waals surface area contributed by atoms with Crippen molar-refractivity contribution in [3.63, 3.8) is 0 Å². The van der Waals surface area contributed by atoms with E-state index in [4.69, 9.17) is 5.73 Å². The number of anilines is 2. The van der Waals surface area contributed by atoms with Crippen LogP contribution < -0.4 is 11.1 Å². The molecule has 3 aromatic rings. The highest BCUT2D eigenvalue weighted by molar-refractivity contribution is 6.05. The van der Waals surface area contributed by atoms with E-state index < -0.39 is 0 Å². The highest BCUT2D eigenvalue weighted by atomic mass is 16.1. The first-order chi connectivity index (χ1) is 9.63. The summed E-state index contributed by atoms with van der Waals surface area (Å²) in [6.07, 6.45) is 1.79. The van der Waals surface area contributed by atoms with Gasteiger partial charge < -0.3 is 11.1 Å². The zero-order chi connectivity index (χ0) is 14.1. The van der Waals surface area contributed by atoms with Gasteiger partial charge in [-0.2, -0.15) is 5.10 Å². The molecule has 1 heterocycles. The van der Waals surface area contributed by atoms with Crippen LogP contribution in [0.5, 0.6) is 0 Å². The summed E-state index contributed by atoms with van der Waals surface area (Å²) in [5, 5.41) is 8.07. The first-order valence-electron chi connectivity index (χ1n) is 6.22. The molecule has 20 heavy (non-hydrogen) atoms. The van der Waals surface area contributed by atoms with Gasteiger partial charge in [0.05, 0.1) is 11.7 Å². The van der Waals surface area contributed by atoms with Crippen molar-refractivity contribution in [3.05, 3.63) is 54.2 Å². The molecule has 0 saturated carbocycles. The van der Waals surface area contributed by atoms with Gasteiger partial charge in [-0.15, -0.1) is 0 Å². The Morgan fingerprint density at radius 1 is 1.25 bits per heavy atom. The molecule has 1 aromatic heterocycles. The predicted octanol–water partition coefficient (Wildman–Crippen LogP) is 2.41. The number of nitrogens with one attached hydrogen (secondary N) is 1. The average molecular weight is 266 g/mol. The lowest BCUT2D eigenvalue weighted by Gasteiger charge is -2.06. The van der Waals surface area contributed by atoms with Gasteiger partial charge in [0.2, 0.25) is 0 Å². The van der Waals surface area contributed by atoms with Crippen molar-refractivity contribution in [2.24, 2.45) is 7.05 Å². The van der Waals surface area contributed by atoms with Crippen LogP contribution in [-0.4, -0.2) is 15.7 Å². The third-order valence-electron chi connectivity index (χ3n) is 3.16. The van der Waals surface area contributed by atoms with Crippen LogP contribution in [0.4, 0.5) is 11.4 Å². The van der Waals surface area contributed by atoms with Crippen LogP contribution in [0.3, 0.4) is 0 Å². The third kappa shape index (κ3) is 2.21. The molecular weight excluding hydrogens is 252 g/mol. The number of amides is 1. The third-order valence-corrected chi connectivity index (χ3v) is 3.16. The second-order valence-electron chi connectivity index (χ2n) is 4.62. The first kappa shape index (κ1) is 12.2. The van der Waals surface area contributed by atoms with E-state index in [1.807, 2.05) is 25.2 Å². The smallest absolute Gasteiger partial charge is 0.255 e. The lowest BCUT2D eigenvalue weighted by Crippen LogP contribution is -2.12. The zero-order valence-electron chi connectivity index (χ0n) is 11.0. The monoisotopic (exact) mass is 266 g/mol. The minimum atomic E-state index is -0.182. The van der Waals surface area contributed by atoms with Gasteiger partial charge in [-0.25, -0.2) is 0 Å². The van der Waals surface area contributed by atoms with E-state index in [9.17, 15) is 4.79 Å². The van der Waals surface area contributed by atoms with Crippen molar-refractivity contribution in [1.29, 1.82) is 0 Å². The van der Waals surface area contributed by atoms with Crippen LogP contribution in [0.15, 0.2) is 48.7 Å². The van der Waals surface area contributed by atoms with Crippen LogP contribution in [0, 0.1) is 0 Å². The molecule has 0 radical (unpaired) electrons. The van der Waals surface area contributed by atoms with Gasteiger partial charge in [0.15, 0.2) is 0 Å². The van der Waals surface area contributed by atoms with Gasteiger partial charge in [-0.3, -0.25) is 9.48 Å². The van der Waals surface area contributed by atoms with Crippen molar-refractivity contribution >= 4 is 28.2 Å². The maximum absolute atomic E-state index is 12.1. The molecule has 0 aliphatic heterocycles. The Hall–Kier alpha value is -2.82. The number of aryl methyl sites for hydroxylation is 1. The molecular formula is C15H14N4O. The lowest BCUT2D eigenvalue weighted by atomic mass is 10.2. The van der Waals surface area contributed by atoms with Crippen molar-refractivity contribution in [2.75, 3.05) is 11.1 Å². The van der Waals surface area contributed by atoms with E-state index in [1.54, 1.807) is 35.1 Å². The number of fused-ring (bicyclic) bond motifs is 1. The molecule has 3 N–H and O–H groups in total. The second-order valence-corrected chi connectivity index (χ2v) is 4.62. The molecule has 0 spiro atoms. The number of rotatable bonds is 2. The van der Waals surface area contributed by atoms with Crippen LogP contribution in [-0.2, 0) is 7.05 Å². The average Bonchev–Trinajstić information content (AvgIpc) is 2.80. The Kier molecular flexibility index (Phi) is 2.87. The summed E-state index contributed by atoms with van der Waals surface area (Å²) >= 11 is 0. The zero-order valence-corrected chi connectivity index (χ0v) is 11.0. The van der Waals surface area contributed by atoms with Crippen molar-refractivity contribution < 1.29 is 4.79 Å². The SMILES string of the molecule is Cn1ncc2ccc(NC(=O)c3cccc(N)c3)cc21. The van der Waals surface area contributed by atoms with E-state index in [1.165, 1.54) is 0 Å². The number of benzene rings is 2. The normalized spacial score (nSPS) is 10.7. The summed E-state index contributed by atoms with van der Waals surface area (Å²) < 4.78 is 1.77. The molecule has 5 nitrogen and oxygen atoms in total. The fraction of sp³-hybridized carbons (Fsp3) is 0.0667. The summed E-state index contributed by atoms with van der Waals surface area (Å²) in [7, 11) is 1.87. The largest absolute Gasteiger partial charge is 0.399 e. The maximum Gasteiger partial charge on any atom is 0.255 e. The molecule has 0 aliphatic carbocycles. The van der Waals surface area contributed by atoms with Crippen LogP contribution in [0.1, 0.15) is 10.4 Å². The topological polar surface area (TPSA) is 72.9 Å². The highest BCUT2D eigenvalue weighted by Gasteiger charge is 2.07. The molecule has 0 unspecified atom stereocenters. The minimum absolute atomic E-state index is 0.182. The van der Waals surface area contributed by atoms with Gasteiger partial charge in [-0.05, 0) is 36.4 Å². The molecule has 3 rings (SSSR count). The van der Waals surface area contributed by atoms with Gasteiger partial charge in [0.25, 0.3) is 5.91 Å². The van der Waals surface area contributed by atoms with Crippen LogP contribution >= 0.6 is 0 Å². The van der Waals surface area contributed by atoms with E-state index in [-0.39, 0.29) is 5.91 Å². The molecule has 0 fully saturated rings. The van der Waals surface area contributed by atoms with Gasteiger partial charge in [-0.1, -0.05) is 6.07 Å². The molecule has 0 atom stereocenters. The van der Waals surface area contributed by atoms with Crippen molar-refractivity contribution in [1.82, 2.24) is 9.78 Å². The molecule has 0 aliphatic rings. The summed E-state index contributed by atoms with van der Waals surface area (Å²) in [6.45, 7) is 0. The van der Waals surface area contributed by atoms with Crippen LogP contribution in [0.25, 0.3) is 10.9 Å². The Labute approximate surface area is 116 Å². The number of carbonyl (C=O) groups excluding carboxylic acids is 1. The number of hydrogen-bond donors (Lipinski definition) is 2. The first-order valence-corrected chi connectivity index (χ1v) is 6.22. The predicted molar refractivity (Wildman–Crippen MR) is 79.5 cm³/mol. The van der Waals surface area contributed by atoms with Crippen molar-refractivity contribution in [2.45, 2.75) is 0 Å². The van der Waals surface area contributed by atoms with Crippen molar-refractivity contribution in [3.8, 4) is 0 Å². The number of nitrogen functional groups attached to an aromatic ring is 1. The summed E-state index contributed by atoms with van der Waals surface area (Å²) in [6, 6.07) is 12.6. The standard InChI is InChI=1S/C15H14N4O/c1-19-14-8-13(6-5-11(14)9-17-19)18-15(20)10-3-2-4-12(16)7-10/h2-9H,16H2,1H3,(H,18,20). The molecule has 1 amide bonds. The highest BCUT2D eigenvalue weighted by Crippen LogP contribution is 2.19. The van der Waals surface area contributed by atoms with Gasteiger partial charge >= 0.3 is 0 Å². The Morgan fingerprint density at radius 3 is 2.90 bits per heavy atom. The van der Waals surface area contributed by atoms with Gasteiger partial charge in [0, 0.05) is 29.4 Å². The van der Waals surface area contributed by atoms with E-state index >= 15 is 0 Å². The summed E-state index contributed by atoms with van der Waals surface area (Å²) in [5.41, 5.74) is 8.48. The molecule has 0 bridgehead atoms. The van der Waals surface area contributed by atoms with Gasteiger partial charge in [0.1, 0.15) is 0 Å². The van der Waals surface area contributed by atoms with E-state index in [2.05, 4.69) is 10.4 Å². The fourth-order valence-corrected chi connectivity index (χ4v) is 2.11. The number of carbonyl (C=O) groups is 1. The minimum Gasteiger partial charge on any atom is -0.399 e. The number of hydrogen-bond acceptors (Lipinski definition) is 3. The molecule has 2 aromatic carbocycles.